The Hall–Kier alpha value is -0.860. The zero-order valence-corrected chi connectivity index (χ0v) is 11.8. The van der Waals surface area contributed by atoms with Crippen molar-refractivity contribution in [2.24, 2.45) is 0 Å². The highest BCUT2D eigenvalue weighted by atomic mass is 35.5. The van der Waals surface area contributed by atoms with E-state index < -0.39 is 0 Å². The van der Waals surface area contributed by atoms with Gasteiger partial charge in [-0.25, -0.2) is 0 Å². The minimum atomic E-state index is -0.362. The molecule has 1 aromatic rings. The predicted octanol–water partition coefficient (Wildman–Crippen LogP) is 3.33. The maximum atomic E-state index is 12.4. The lowest BCUT2D eigenvalue weighted by Gasteiger charge is -2.34. The number of carbonyl (C=O) groups is 1. The average molecular weight is 266 g/mol. The van der Waals surface area contributed by atoms with Gasteiger partial charge in [-0.2, -0.15) is 0 Å². The maximum absolute atomic E-state index is 12.4. The fraction of sp³-hybridized carbons (Fsp3) is 0.533. The number of hydrogen-bond acceptors (Lipinski definition) is 2. The Bertz CT molecular complexity index is 436. The van der Waals surface area contributed by atoms with Gasteiger partial charge in [0.05, 0.1) is 5.54 Å². The summed E-state index contributed by atoms with van der Waals surface area (Å²) in [6.45, 7) is 6.14. The van der Waals surface area contributed by atoms with Crippen LogP contribution in [0, 0.1) is 0 Å². The van der Waals surface area contributed by atoms with Crippen LogP contribution in [0.5, 0.6) is 0 Å². The van der Waals surface area contributed by atoms with Crippen molar-refractivity contribution >= 4 is 17.4 Å². The summed E-state index contributed by atoms with van der Waals surface area (Å²) in [5.74, 6) is 0.270. The summed E-state index contributed by atoms with van der Waals surface area (Å²) in [4.78, 5) is 14.7. The molecule has 0 radical (unpaired) electrons. The van der Waals surface area contributed by atoms with E-state index in [4.69, 9.17) is 11.6 Å². The molecule has 0 aliphatic carbocycles. The molecular weight excluding hydrogens is 246 g/mol. The van der Waals surface area contributed by atoms with E-state index in [0.717, 1.165) is 18.7 Å². The summed E-state index contributed by atoms with van der Waals surface area (Å²) < 4.78 is 0. The van der Waals surface area contributed by atoms with E-state index in [-0.39, 0.29) is 11.3 Å². The highest BCUT2D eigenvalue weighted by molar-refractivity contribution is 6.30. The maximum Gasteiger partial charge on any atom is 0.156 e. The van der Waals surface area contributed by atoms with Crippen LogP contribution in [-0.4, -0.2) is 29.3 Å². The summed E-state index contributed by atoms with van der Waals surface area (Å²) in [7, 11) is 0. The molecular formula is C15H20ClNO. The lowest BCUT2D eigenvalue weighted by molar-refractivity contribution is -0.128. The lowest BCUT2D eigenvalue weighted by Crippen LogP contribution is -2.49. The van der Waals surface area contributed by atoms with Crippen LogP contribution >= 0.6 is 11.6 Å². The highest BCUT2D eigenvalue weighted by Gasteiger charge is 2.35. The molecule has 0 unspecified atom stereocenters. The molecule has 2 nitrogen and oxygen atoms in total. The van der Waals surface area contributed by atoms with E-state index in [0.29, 0.717) is 11.4 Å². The van der Waals surface area contributed by atoms with E-state index in [9.17, 15) is 4.79 Å². The van der Waals surface area contributed by atoms with Crippen LogP contribution in [0.25, 0.3) is 0 Å². The topological polar surface area (TPSA) is 20.3 Å². The van der Waals surface area contributed by atoms with Crippen molar-refractivity contribution in [2.75, 3.05) is 13.1 Å². The second-order valence-corrected chi connectivity index (χ2v) is 5.92. The van der Waals surface area contributed by atoms with Gasteiger partial charge in [0, 0.05) is 11.4 Å². The number of hydrogen-bond donors (Lipinski definition) is 0. The standard InChI is InChI=1S/C15H20ClNO/c1-15(2,17-8-3-4-9-17)14(18)11-12-6-5-7-13(16)10-12/h5-7,10H,3-4,8-9,11H2,1-2H3. The van der Waals surface area contributed by atoms with E-state index in [1.165, 1.54) is 12.8 Å². The van der Waals surface area contributed by atoms with Gasteiger partial charge >= 0.3 is 0 Å². The van der Waals surface area contributed by atoms with Crippen molar-refractivity contribution in [1.82, 2.24) is 4.90 Å². The molecule has 1 fully saturated rings. The van der Waals surface area contributed by atoms with Crippen LogP contribution in [-0.2, 0) is 11.2 Å². The summed E-state index contributed by atoms with van der Waals surface area (Å²) >= 11 is 5.95. The number of nitrogens with zero attached hydrogens (tertiary/aromatic N) is 1. The van der Waals surface area contributed by atoms with Crippen LogP contribution in [0.15, 0.2) is 24.3 Å². The van der Waals surface area contributed by atoms with Gasteiger partial charge < -0.3 is 0 Å². The summed E-state index contributed by atoms with van der Waals surface area (Å²) in [5.41, 5.74) is 0.638. The fourth-order valence-corrected chi connectivity index (χ4v) is 2.71. The molecule has 18 heavy (non-hydrogen) atoms. The largest absolute Gasteiger partial charge is 0.297 e. The van der Waals surface area contributed by atoms with Crippen LogP contribution in [0.2, 0.25) is 5.02 Å². The van der Waals surface area contributed by atoms with Crippen LogP contribution < -0.4 is 0 Å². The summed E-state index contributed by atoms with van der Waals surface area (Å²) in [5, 5.41) is 0.694. The molecule has 0 aromatic heterocycles. The Labute approximate surface area is 114 Å². The second kappa shape index (κ2) is 5.41. The number of likely N-dealkylation sites (tertiary alicyclic amines) is 1. The Morgan fingerprint density at radius 1 is 1.33 bits per heavy atom. The van der Waals surface area contributed by atoms with Gasteiger partial charge in [0.2, 0.25) is 0 Å². The normalized spacial score (nSPS) is 17.1. The molecule has 0 saturated carbocycles. The van der Waals surface area contributed by atoms with Crippen molar-refractivity contribution in [3.8, 4) is 0 Å². The van der Waals surface area contributed by atoms with Gasteiger partial charge in [-0.05, 0) is 57.5 Å². The molecule has 1 saturated heterocycles. The summed E-state index contributed by atoms with van der Waals surface area (Å²) in [6, 6.07) is 7.57. The van der Waals surface area contributed by atoms with E-state index in [1.54, 1.807) is 0 Å². The monoisotopic (exact) mass is 265 g/mol. The van der Waals surface area contributed by atoms with Gasteiger partial charge in [-0.15, -0.1) is 0 Å². The minimum Gasteiger partial charge on any atom is -0.297 e. The van der Waals surface area contributed by atoms with Crippen LogP contribution in [0.3, 0.4) is 0 Å². The van der Waals surface area contributed by atoms with E-state index in [2.05, 4.69) is 4.90 Å². The first-order valence-corrected chi connectivity index (χ1v) is 6.91. The van der Waals surface area contributed by atoms with Gasteiger partial charge in [0.1, 0.15) is 0 Å². The van der Waals surface area contributed by atoms with E-state index in [1.807, 2.05) is 38.1 Å². The molecule has 0 amide bonds. The zero-order valence-electron chi connectivity index (χ0n) is 11.1. The van der Waals surface area contributed by atoms with Gasteiger partial charge in [0.15, 0.2) is 5.78 Å². The second-order valence-electron chi connectivity index (χ2n) is 5.48. The van der Waals surface area contributed by atoms with Gasteiger partial charge in [-0.1, -0.05) is 23.7 Å². The SMILES string of the molecule is CC(C)(C(=O)Cc1cccc(Cl)c1)N1CCCC1. The molecule has 0 atom stereocenters. The number of Topliss-reactive ketones (excluding diaryl/α,β-unsaturated/α-hetero) is 1. The number of rotatable bonds is 4. The molecule has 0 N–H and O–H groups in total. The number of ketones is 1. The third-order valence-corrected chi connectivity index (χ3v) is 4.07. The fourth-order valence-electron chi connectivity index (χ4n) is 2.50. The molecule has 2 rings (SSSR count). The Morgan fingerprint density at radius 2 is 2.00 bits per heavy atom. The van der Waals surface area contributed by atoms with Crippen molar-refractivity contribution in [1.29, 1.82) is 0 Å². The Morgan fingerprint density at radius 3 is 2.61 bits per heavy atom. The Kier molecular flexibility index (Phi) is 4.08. The minimum absolute atomic E-state index is 0.270. The molecule has 1 aliphatic rings. The average Bonchev–Trinajstić information content (AvgIpc) is 2.82. The van der Waals surface area contributed by atoms with E-state index >= 15 is 0 Å². The van der Waals surface area contributed by atoms with Gasteiger partial charge in [0.25, 0.3) is 0 Å². The smallest absolute Gasteiger partial charge is 0.156 e. The Balaban J connectivity index is 2.06. The van der Waals surface area contributed by atoms with Crippen molar-refractivity contribution in [2.45, 2.75) is 38.6 Å². The first-order chi connectivity index (χ1) is 8.50. The molecule has 0 spiro atoms. The molecule has 0 bridgehead atoms. The number of halogens is 1. The van der Waals surface area contributed by atoms with Crippen molar-refractivity contribution in [3.05, 3.63) is 34.9 Å². The first kappa shape index (κ1) is 13.6. The quantitative estimate of drug-likeness (QED) is 0.832. The predicted molar refractivity (Wildman–Crippen MR) is 75.0 cm³/mol. The van der Waals surface area contributed by atoms with Gasteiger partial charge in [-0.3, -0.25) is 9.69 Å². The zero-order chi connectivity index (χ0) is 13.2. The first-order valence-electron chi connectivity index (χ1n) is 6.53. The molecule has 1 heterocycles. The van der Waals surface area contributed by atoms with Crippen molar-refractivity contribution < 1.29 is 4.79 Å². The molecule has 1 aliphatic heterocycles. The summed E-state index contributed by atoms with van der Waals surface area (Å²) in [6.07, 6.45) is 2.87. The molecule has 1 aromatic carbocycles. The third kappa shape index (κ3) is 2.93. The third-order valence-electron chi connectivity index (χ3n) is 3.83. The lowest BCUT2D eigenvalue weighted by atomic mass is 9.92. The molecule has 98 valence electrons. The van der Waals surface area contributed by atoms with Crippen LogP contribution in [0.4, 0.5) is 0 Å². The number of carbonyl (C=O) groups excluding carboxylic acids is 1. The highest BCUT2D eigenvalue weighted by Crippen LogP contribution is 2.23. The number of benzene rings is 1. The van der Waals surface area contributed by atoms with Crippen LogP contribution in [0.1, 0.15) is 32.3 Å². The molecule has 3 heteroatoms. The van der Waals surface area contributed by atoms with Crippen molar-refractivity contribution in [3.63, 3.8) is 0 Å².